The van der Waals surface area contributed by atoms with Crippen LogP contribution in [0.5, 0.6) is 11.5 Å². The van der Waals surface area contributed by atoms with Gasteiger partial charge in [0, 0.05) is 16.3 Å². The molecule has 1 heterocycles. The van der Waals surface area contributed by atoms with Crippen LogP contribution in [-0.4, -0.2) is 13.2 Å². The topological polar surface area (TPSA) is 44.5 Å². The molecule has 114 valence electrons. The average Bonchev–Trinajstić information content (AvgIpc) is 3.00. The number of hydrogen-bond acceptors (Lipinski definition) is 4. The molecule has 0 aliphatic carbocycles. The van der Waals surface area contributed by atoms with Crippen LogP contribution in [0.4, 0.5) is 0 Å². The SMILES string of the molecule is CCCOc1ccc(-c2ccc(CN)s2)cc1OCCC. The lowest BCUT2D eigenvalue weighted by Gasteiger charge is -2.13. The van der Waals surface area contributed by atoms with Gasteiger partial charge in [-0.1, -0.05) is 13.8 Å². The van der Waals surface area contributed by atoms with E-state index < -0.39 is 0 Å². The minimum absolute atomic E-state index is 0.585. The van der Waals surface area contributed by atoms with Gasteiger partial charge in [-0.25, -0.2) is 0 Å². The summed E-state index contributed by atoms with van der Waals surface area (Å²) in [5.74, 6) is 1.65. The van der Waals surface area contributed by atoms with Crippen molar-refractivity contribution in [1.29, 1.82) is 0 Å². The third-order valence-corrected chi connectivity index (χ3v) is 4.17. The van der Waals surface area contributed by atoms with E-state index in [9.17, 15) is 0 Å². The van der Waals surface area contributed by atoms with E-state index in [2.05, 4.69) is 38.1 Å². The second-order valence-electron chi connectivity index (χ2n) is 4.83. The van der Waals surface area contributed by atoms with Gasteiger partial charge in [0.2, 0.25) is 0 Å². The predicted molar refractivity (Wildman–Crippen MR) is 89.2 cm³/mol. The van der Waals surface area contributed by atoms with Crippen LogP contribution < -0.4 is 15.2 Å². The molecule has 2 rings (SSSR count). The number of benzene rings is 1. The van der Waals surface area contributed by atoms with Gasteiger partial charge in [0.05, 0.1) is 13.2 Å². The monoisotopic (exact) mass is 305 g/mol. The molecule has 0 saturated carbocycles. The molecule has 0 bridgehead atoms. The zero-order valence-electron chi connectivity index (χ0n) is 12.7. The first-order valence-corrected chi connectivity index (χ1v) is 8.29. The molecule has 0 amide bonds. The zero-order chi connectivity index (χ0) is 15.1. The standard InChI is InChI=1S/C17H23NO2S/c1-3-9-19-15-7-5-13(11-16(15)20-10-4-2)17-8-6-14(12-18)21-17/h5-8,11H,3-4,9-10,12,18H2,1-2H3. The molecule has 2 aromatic rings. The lowest BCUT2D eigenvalue weighted by Crippen LogP contribution is -2.01. The van der Waals surface area contributed by atoms with Crippen molar-refractivity contribution in [2.45, 2.75) is 33.2 Å². The summed E-state index contributed by atoms with van der Waals surface area (Å²) in [6, 6.07) is 10.3. The van der Waals surface area contributed by atoms with Gasteiger partial charge in [0.1, 0.15) is 0 Å². The molecule has 0 fully saturated rings. The Bertz CT molecular complexity index is 566. The molecular weight excluding hydrogens is 282 g/mol. The Hall–Kier alpha value is -1.52. The van der Waals surface area contributed by atoms with Crippen molar-refractivity contribution >= 4 is 11.3 Å². The van der Waals surface area contributed by atoms with Crippen LogP contribution in [0.3, 0.4) is 0 Å². The fourth-order valence-electron chi connectivity index (χ4n) is 1.96. The third-order valence-electron chi connectivity index (χ3n) is 3.01. The molecule has 1 aromatic carbocycles. The smallest absolute Gasteiger partial charge is 0.161 e. The van der Waals surface area contributed by atoms with Crippen LogP contribution in [0, 0.1) is 0 Å². The molecule has 0 spiro atoms. The van der Waals surface area contributed by atoms with Gasteiger partial charge >= 0.3 is 0 Å². The quantitative estimate of drug-likeness (QED) is 0.783. The number of thiophene rings is 1. The van der Waals surface area contributed by atoms with Crippen molar-refractivity contribution in [2.75, 3.05) is 13.2 Å². The van der Waals surface area contributed by atoms with Crippen LogP contribution in [0.1, 0.15) is 31.6 Å². The van der Waals surface area contributed by atoms with Crippen LogP contribution in [0.2, 0.25) is 0 Å². The Labute approximate surface area is 130 Å². The average molecular weight is 305 g/mol. The molecule has 0 saturated heterocycles. The normalized spacial score (nSPS) is 10.6. The van der Waals surface area contributed by atoms with Crippen LogP contribution in [0.25, 0.3) is 10.4 Å². The highest BCUT2D eigenvalue weighted by Crippen LogP contribution is 2.35. The van der Waals surface area contributed by atoms with E-state index in [1.165, 1.54) is 9.75 Å². The van der Waals surface area contributed by atoms with Crippen molar-refractivity contribution in [3.8, 4) is 21.9 Å². The minimum Gasteiger partial charge on any atom is -0.490 e. The second kappa shape index (κ2) is 8.05. The van der Waals surface area contributed by atoms with Gasteiger partial charge in [-0.05, 0) is 48.7 Å². The Morgan fingerprint density at radius 1 is 0.952 bits per heavy atom. The number of hydrogen-bond donors (Lipinski definition) is 1. The zero-order valence-corrected chi connectivity index (χ0v) is 13.5. The first-order chi connectivity index (χ1) is 10.3. The summed E-state index contributed by atoms with van der Waals surface area (Å²) in [7, 11) is 0. The fourth-order valence-corrected chi connectivity index (χ4v) is 2.84. The van der Waals surface area contributed by atoms with E-state index in [1.54, 1.807) is 11.3 Å². The lowest BCUT2D eigenvalue weighted by molar-refractivity contribution is 0.268. The van der Waals surface area contributed by atoms with Crippen LogP contribution >= 0.6 is 11.3 Å². The molecule has 3 nitrogen and oxygen atoms in total. The highest BCUT2D eigenvalue weighted by atomic mass is 32.1. The summed E-state index contributed by atoms with van der Waals surface area (Å²) in [5, 5.41) is 0. The molecule has 0 atom stereocenters. The highest BCUT2D eigenvalue weighted by molar-refractivity contribution is 7.15. The van der Waals surface area contributed by atoms with Gasteiger partial charge in [-0.15, -0.1) is 11.3 Å². The molecule has 0 unspecified atom stereocenters. The predicted octanol–water partition coefficient (Wildman–Crippen LogP) is 4.45. The van der Waals surface area contributed by atoms with Gasteiger partial charge in [0.15, 0.2) is 11.5 Å². The minimum atomic E-state index is 0.585. The first-order valence-electron chi connectivity index (χ1n) is 7.47. The maximum Gasteiger partial charge on any atom is 0.161 e. The van der Waals surface area contributed by atoms with E-state index in [4.69, 9.17) is 15.2 Å². The van der Waals surface area contributed by atoms with Crippen molar-refractivity contribution in [3.05, 3.63) is 35.2 Å². The van der Waals surface area contributed by atoms with Crippen molar-refractivity contribution < 1.29 is 9.47 Å². The molecular formula is C17H23NO2S. The molecule has 21 heavy (non-hydrogen) atoms. The third kappa shape index (κ3) is 4.22. The Kier molecular flexibility index (Phi) is 6.08. The van der Waals surface area contributed by atoms with Crippen molar-refractivity contribution in [3.63, 3.8) is 0 Å². The summed E-state index contributed by atoms with van der Waals surface area (Å²) in [6.45, 7) is 6.19. The van der Waals surface area contributed by atoms with Gasteiger partial charge in [-0.3, -0.25) is 0 Å². The molecule has 0 aliphatic heterocycles. The summed E-state index contributed by atoms with van der Waals surface area (Å²) in [6.07, 6.45) is 1.97. The van der Waals surface area contributed by atoms with Gasteiger partial charge in [-0.2, -0.15) is 0 Å². The maximum absolute atomic E-state index is 5.83. The Balaban J connectivity index is 2.26. The molecule has 4 heteroatoms. The Morgan fingerprint density at radius 2 is 1.67 bits per heavy atom. The van der Waals surface area contributed by atoms with E-state index in [0.717, 1.165) is 29.9 Å². The van der Waals surface area contributed by atoms with E-state index in [-0.39, 0.29) is 0 Å². The molecule has 2 N–H and O–H groups in total. The highest BCUT2D eigenvalue weighted by Gasteiger charge is 2.09. The first kappa shape index (κ1) is 15.9. The second-order valence-corrected chi connectivity index (χ2v) is 6.00. The Morgan fingerprint density at radius 3 is 2.29 bits per heavy atom. The number of rotatable bonds is 8. The van der Waals surface area contributed by atoms with Crippen molar-refractivity contribution in [2.24, 2.45) is 5.73 Å². The lowest BCUT2D eigenvalue weighted by atomic mass is 10.1. The largest absolute Gasteiger partial charge is 0.490 e. The summed E-state index contributed by atoms with van der Waals surface area (Å²) in [4.78, 5) is 2.39. The number of nitrogens with two attached hydrogens (primary N) is 1. The van der Waals surface area contributed by atoms with Gasteiger partial charge < -0.3 is 15.2 Å². The van der Waals surface area contributed by atoms with Crippen molar-refractivity contribution in [1.82, 2.24) is 0 Å². The fraction of sp³-hybridized carbons (Fsp3) is 0.412. The summed E-state index contributed by atoms with van der Waals surface area (Å²) >= 11 is 1.72. The van der Waals surface area contributed by atoms with E-state index >= 15 is 0 Å². The van der Waals surface area contributed by atoms with Crippen LogP contribution in [-0.2, 0) is 6.54 Å². The molecule has 1 aromatic heterocycles. The van der Waals surface area contributed by atoms with Crippen LogP contribution in [0.15, 0.2) is 30.3 Å². The summed E-state index contributed by atoms with van der Waals surface area (Å²) < 4.78 is 11.6. The van der Waals surface area contributed by atoms with E-state index in [1.807, 2.05) is 6.07 Å². The van der Waals surface area contributed by atoms with Gasteiger partial charge in [0.25, 0.3) is 0 Å². The molecule has 0 radical (unpaired) electrons. The van der Waals surface area contributed by atoms with E-state index in [0.29, 0.717) is 19.8 Å². The summed E-state index contributed by atoms with van der Waals surface area (Å²) in [5.41, 5.74) is 6.83. The molecule has 0 aliphatic rings. The number of ether oxygens (including phenoxy) is 2. The maximum atomic E-state index is 5.83.